The highest BCUT2D eigenvalue weighted by molar-refractivity contribution is 6.30. The fraction of sp³-hybridized carbons (Fsp3) is 0.417. The standard InChI is InChI=1S/C24H27ClN4/c1-15-11-20(25)12-16(2)23(15)29-14-17(3)22-21(13-18(4)27-24(22)29)28-9-6-19(5-8-26)7-10-28/h11-14,19H,5-7,9-10H2,1-4H3. The highest BCUT2D eigenvalue weighted by Gasteiger charge is 2.23. The summed E-state index contributed by atoms with van der Waals surface area (Å²) in [6.45, 7) is 10.4. The highest BCUT2D eigenvalue weighted by atomic mass is 35.5. The molecule has 0 bridgehead atoms. The van der Waals surface area contributed by atoms with Crippen LogP contribution < -0.4 is 4.90 Å². The molecule has 1 aromatic carbocycles. The lowest BCUT2D eigenvalue weighted by Gasteiger charge is -2.33. The van der Waals surface area contributed by atoms with Crippen molar-refractivity contribution in [1.82, 2.24) is 9.55 Å². The molecule has 4 rings (SSSR count). The van der Waals surface area contributed by atoms with Gasteiger partial charge in [-0.15, -0.1) is 0 Å². The Balaban J connectivity index is 1.83. The predicted molar refractivity (Wildman–Crippen MR) is 120 cm³/mol. The molecule has 3 aromatic rings. The van der Waals surface area contributed by atoms with E-state index >= 15 is 0 Å². The molecule has 2 aromatic heterocycles. The third-order valence-corrected chi connectivity index (χ3v) is 6.30. The zero-order valence-corrected chi connectivity index (χ0v) is 18.3. The van der Waals surface area contributed by atoms with Crippen LogP contribution in [-0.4, -0.2) is 22.6 Å². The summed E-state index contributed by atoms with van der Waals surface area (Å²) in [5.74, 6) is 0.528. The van der Waals surface area contributed by atoms with E-state index in [2.05, 4.69) is 55.5 Å². The Labute approximate surface area is 177 Å². The first kappa shape index (κ1) is 19.8. The molecule has 0 aliphatic carbocycles. The first-order valence-corrected chi connectivity index (χ1v) is 10.6. The molecule has 0 spiro atoms. The average molecular weight is 407 g/mol. The summed E-state index contributed by atoms with van der Waals surface area (Å²) in [6, 6.07) is 8.58. The number of pyridine rings is 1. The molecule has 0 saturated carbocycles. The van der Waals surface area contributed by atoms with Gasteiger partial charge >= 0.3 is 0 Å². The predicted octanol–water partition coefficient (Wildman–Crippen LogP) is 6.04. The normalized spacial score (nSPS) is 15.1. The van der Waals surface area contributed by atoms with Crippen LogP contribution in [-0.2, 0) is 0 Å². The number of nitrogens with zero attached hydrogens (tertiary/aromatic N) is 4. The Hall–Kier alpha value is -2.51. The minimum absolute atomic E-state index is 0.528. The molecule has 0 atom stereocenters. The van der Waals surface area contributed by atoms with Gasteiger partial charge in [-0.25, -0.2) is 4.98 Å². The van der Waals surface area contributed by atoms with E-state index in [1.165, 1.54) is 16.6 Å². The number of hydrogen-bond acceptors (Lipinski definition) is 3. The number of benzene rings is 1. The number of piperidine rings is 1. The van der Waals surface area contributed by atoms with Crippen LogP contribution in [0.2, 0.25) is 5.02 Å². The Kier molecular flexibility index (Phi) is 5.27. The van der Waals surface area contributed by atoms with Crippen LogP contribution in [0.4, 0.5) is 5.69 Å². The monoisotopic (exact) mass is 406 g/mol. The van der Waals surface area contributed by atoms with Crippen molar-refractivity contribution in [3.05, 3.63) is 51.8 Å². The van der Waals surface area contributed by atoms with Gasteiger partial charge in [-0.3, -0.25) is 0 Å². The fourth-order valence-corrected chi connectivity index (χ4v) is 5.05. The number of aromatic nitrogens is 2. The van der Waals surface area contributed by atoms with Crippen LogP contribution in [0.1, 0.15) is 41.6 Å². The van der Waals surface area contributed by atoms with Gasteiger partial charge in [0.2, 0.25) is 0 Å². The number of hydrogen-bond donors (Lipinski definition) is 0. The number of anilines is 1. The largest absolute Gasteiger partial charge is 0.371 e. The minimum atomic E-state index is 0.528. The van der Waals surface area contributed by atoms with Gasteiger partial charge in [-0.1, -0.05) is 11.6 Å². The number of halogens is 1. The second-order valence-electron chi connectivity index (χ2n) is 8.34. The quantitative estimate of drug-likeness (QED) is 0.532. The maximum Gasteiger partial charge on any atom is 0.147 e. The number of fused-ring (bicyclic) bond motifs is 1. The second-order valence-corrected chi connectivity index (χ2v) is 8.78. The van der Waals surface area contributed by atoms with Crippen LogP contribution >= 0.6 is 11.6 Å². The summed E-state index contributed by atoms with van der Waals surface area (Å²) < 4.78 is 2.23. The first-order valence-electron chi connectivity index (χ1n) is 10.3. The third kappa shape index (κ3) is 3.60. The zero-order chi connectivity index (χ0) is 20.7. The lowest BCUT2D eigenvalue weighted by molar-refractivity contribution is 0.413. The second kappa shape index (κ2) is 7.72. The van der Waals surface area contributed by atoms with E-state index in [0.29, 0.717) is 12.3 Å². The maximum absolute atomic E-state index is 9.01. The molecule has 1 aliphatic rings. The Morgan fingerprint density at radius 3 is 2.34 bits per heavy atom. The van der Waals surface area contributed by atoms with Crippen molar-refractivity contribution in [1.29, 1.82) is 5.26 Å². The molecule has 5 heteroatoms. The van der Waals surface area contributed by atoms with E-state index in [-0.39, 0.29) is 0 Å². The number of nitriles is 1. The number of aryl methyl sites for hydroxylation is 4. The Morgan fingerprint density at radius 2 is 1.72 bits per heavy atom. The fourth-order valence-electron chi connectivity index (χ4n) is 4.72. The summed E-state index contributed by atoms with van der Waals surface area (Å²) in [5, 5.41) is 11.0. The maximum atomic E-state index is 9.01. The van der Waals surface area contributed by atoms with Crippen LogP contribution in [0.5, 0.6) is 0 Å². The molecule has 150 valence electrons. The van der Waals surface area contributed by atoms with Gasteiger partial charge in [0.1, 0.15) is 5.65 Å². The van der Waals surface area contributed by atoms with Crippen LogP contribution in [0.25, 0.3) is 16.7 Å². The van der Waals surface area contributed by atoms with Gasteiger partial charge in [0.25, 0.3) is 0 Å². The molecule has 0 radical (unpaired) electrons. The van der Waals surface area contributed by atoms with Gasteiger partial charge in [0, 0.05) is 47.5 Å². The molecule has 0 N–H and O–H groups in total. The van der Waals surface area contributed by atoms with Crippen molar-refractivity contribution in [3.63, 3.8) is 0 Å². The summed E-state index contributed by atoms with van der Waals surface area (Å²) in [6.07, 6.45) is 5.02. The van der Waals surface area contributed by atoms with Crippen molar-refractivity contribution in [2.75, 3.05) is 18.0 Å². The van der Waals surface area contributed by atoms with E-state index in [9.17, 15) is 0 Å². The molecular formula is C24H27ClN4. The summed E-state index contributed by atoms with van der Waals surface area (Å²) in [5.41, 5.74) is 7.98. The molecule has 1 fully saturated rings. The molecular weight excluding hydrogens is 380 g/mol. The molecule has 0 unspecified atom stereocenters. The van der Waals surface area contributed by atoms with Crippen LogP contribution in [0, 0.1) is 44.9 Å². The summed E-state index contributed by atoms with van der Waals surface area (Å²) >= 11 is 6.27. The molecule has 29 heavy (non-hydrogen) atoms. The van der Waals surface area contributed by atoms with Crippen molar-refractivity contribution in [2.24, 2.45) is 5.92 Å². The first-order chi connectivity index (χ1) is 13.9. The molecule has 4 nitrogen and oxygen atoms in total. The lowest BCUT2D eigenvalue weighted by atomic mass is 9.93. The average Bonchev–Trinajstić information content (AvgIpc) is 2.97. The van der Waals surface area contributed by atoms with E-state index < -0.39 is 0 Å². The van der Waals surface area contributed by atoms with Crippen molar-refractivity contribution < 1.29 is 0 Å². The highest BCUT2D eigenvalue weighted by Crippen LogP contribution is 2.36. The topological polar surface area (TPSA) is 44.9 Å². The van der Waals surface area contributed by atoms with Gasteiger partial charge in [0.05, 0.1) is 11.8 Å². The third-order valence-electron chi connectivity index (χ3n) is 6.08. The van der Waals surface area contributed by atoms with Gasteiger partial charge < -0.3 is 9.47 Å². The summed E-state index contributed by atoms with van der Waals surface area (Å²) in [4.78, 5) is 7.41. The van der Waals surface area contributed by atoms with E-state index in [4.69, 9.17) is 21.8 Å². The zero-order valence-electron chi connectivity index (χ0n) is 17.6. The summed E-state index contributed by atoms with van der Waals surface area (Å²) in [7, 11) is 0. The Bertz CT molecular complexity index is 1090. The van der Waals surface area contributed by atoms with Gasteiger partial charge in [-0.2, -0.15) is 5.26 Å². The Morgan fingerprint density at radius 1 is 1.07 bits per heavy atom. The molecule has 0 amide bonds. The smallest absolute Gasteiger partial charge is 0.147 e. The van der Waals surface area contributed by atoms with Crippen LogP contribution in [0.15, 0.2) is 24.4 Å². The number of rotatable bonds is 3. The SMILES string of the molecule is Cc1cc(N2CCC(CC#N)CC2)c2c(C)cn(-c3c(C)cc(Cl)cc3C)c2n1. The minimum Gasteiger partial charge on any atom is -0.371 e. The van der Waals surface area contributed by atoms with E-state index in [1.54, 1.807) is 0 Å². The molecule has 3 heterocycles. The van der Waals surface area contributed by atoms with Crippen molar-refractivity contribution in [2.45, 2.75) is 47.0 Å². The van der Waals surface area contributed by atoms with E-state index in [0.717, 1.165) is 59.1 Å². The van der Waals surface area contributed by atoms with E-state index in [1.807, 2.05) is 12.1 Å². The van der Waals surface area contributed by atoms with Crippen molar-refractivity contribution >= 4 is 28.3 Å². The molecule has 1 saturated heterocycles. The van der Waals surface area contributed by atoms with Gasteiger partial charge in [-0.05, 0) is 81.3 Å². The van der Waals surface area contributed by atoms with Crippen LogP contribution in [0.3, 0.4) is 0 Å². The molecule has 1 aliphatic heterocycles. The lowest BCUT2D eigenvalue weighted by Crippen LogP contribution is -2.33. The van der Waals surface area contributed by atoms with Crippen molar-refractivity contribution in [3.8, 4) is 11.8 Å². The van der Waals surface area contributed by atoms with Gasteiger partial charge in [0.15, 0.2) is 0 Å².